The maximum Gasteiger partial charge on any atom is 0.228 e. The number of nitrogens with one attached hydrogen (secondary N) is 1. The summed E-state index contributed by atoms with van der Waals surface area (Å²) in [6, 6.07) is 1.60. The molecule has 3 heterocycles. The summed E-state index contributed by atoms with van der Waals surface area (Å²) in [5.74, 6) is 0.440. The Labute approximate surface area is 139 Å². The molecule has 3 rings (SSSR count). The Bertz CT molecular complexity index is 814. The highest BCUT2D eigenvalue weighted by Gasteiger charge is 2.29. The van der Waals surface area contributed by atoms with E-state index in [9.17, 15) is 13.2 Å². The second-order valence-electron chi connectivity index (χ2n) is 5.53. The molecule has 1 fully saturated rings. The van der Waals surface area contributed by atoms with Crippen molar-refractivity contribution in [3.05, 3.63) is 25.0 Å². The van der Waals surface area contributed by atoms with Gasteiger partial charge in [-0.25, -0.2) is 32.4 Å². The molecule has 0 saturated carbocycles. The third kappa shape index (κ3) is 3.74. The van der Waals surface area contributed by atoms with Crippen molar-refractivity contribution in [2.75, 3.05) is 24.7 Å². The molecule has 2 aromatic rings. The first-order valence-corrected chi connectivity index (χ1v) is 9.21. The number of sulfonamides is 1. The van der Waals surface area contributed by atoms with Gasteiger partial charge < -0.3 is 5.32 Å². The lowest BCUT2D eigenvalue weighted by Gasteiger charge is -2.29. The van der Waals surface area contributed by atoms with E-state index in [0.29, 0.717) is 37.6 Å². The van der Waals surface area contributed by atoms with Gasteiger partial charge in [0.25, 0.3) is 0 Å². The van der Waals surface area contributed by atoms with Gasteiger partial charge >= 0.3 is 0 Å². The molecule has 0 aromatic carbocycles. The first-order valence-electron chi connectivity index (χ1n) is 7.36. The lowest BCUT2D eigenvalue weighted by atomic mass is 9.97. The zero-order valence-corrected chi connectivity index (χ0v) is 13.8. The molecule has 0 spiro atoms. The zero-order chi connectivity index (χ0) is 17.2. The van der Waals surface area contributed by atoms with Gasteiger partial charge in [0.15, 0.2) is 5.82 Å². The Morgan fingerprint density at radius 1 is 1.25 bits per heavy atom. The van der Waals surface area contributed by atoms with Gasteiger partial charge in [-0.1, -0.05) is 0 Å². The number of amides is 1. The van der Waals surface area contributed by atoms with E-state index in [1.807, 2.05) is 0 Å². The maximum absolute atomic E-state index is 12.3. The molecule has 11 heteroatoms. The molecule has 1 saturated heterocycles. The summed E-state index contributed by atoms with van der Waals surface area (Å²) in [5, 5.41) is 6.72. The van der Waals surface area contributed by atoms with Crippen molar-refractivity contribution in [1.82, 2.24) is 29.0 Å². The molecule has 0 aliphatic carbocycles. The third-order valence-electron chi connectivity index (χ3n) is 3.85. The van der Waals surface area contributed by atoms with E-state index in [4.69, 9.17) is 0 Å². The quantitative estimate of drug-likeness (QED) is 0.800. The summed E-state index contributed by atoms with van der Waals surface area (Å²) in [6.07, 6.45) is 6.36. The average Bonchev–Trinajstić information content (AvgIpc) is 3.09. The van der Waals surface area contributed by atoms with Gasteiger partial charge in [0.2, 0.25) is 15.9 Å². The van der Waals surface area contributed by atoms with Crippen LogP contribution in [0.25, 0.3) is 5.82 Å². The van der Waals surface area contributed by atoms with Crippen LogP contribution in [0.15, 0.2) is 25.0 Å². The Hall–Kier alpha value is -2.40. The Kier molecular flexibility index (Phi) is 4.53. The van der Waals surface area contributed by atoms with Crippen LogP contribution in [0.2, 0.25) is 0 Å². The minimum absolute atomic E-state index is 0.175. The van der Waals surface area contributed by atoms with Gasteiger partial charge in [0.1, 0.15) is 24.8 Å². The number of anilines is 1. The highest BCUT2D eigenvalue weighted by molar-refractivity contribution is 7.88. The van der Waals surface area contributed by atoms with Crippen LogP contribution in [0.1, 0.15) is 12.8 Å². The van der Waals surface area contributed by atoms with Crippen LogP contribution in [0.3, 0.4) is 0 Å². The molecule has 0 bridgehead atoms. The van der Waals surface area contributed by atoms with E-state index in [0.717, 1.165) is 0 Å². The smallest absolute Gasteiger partial charge is 0.228 e. The van der Waals surface area contributed by atoms with Crippen molar-refractivity contribution in [2.45, 2.75) is 12.8 Å². The van der Waals surface area contributed by atoms with Crippen LogP contribution in [0.4, 0.5) is 5.82 Å². The lowest BCUT2D eigenvalue weighted by Crippen LogP contribution is -2.40. The Balaban J connectivity index is 1.63. The van der Waals surface area contributed by atoms with Crippen LogP contribution >= 0.6 is 0 Å². The summed E-state index contributed by atoms with van der Waals surface area (Å²) in [4.78, 5) is 24.3. The Morgan fingerprint density at radius 3 is 2.62 bits per heavy atom. The SMILES string of the molecule is CS(=O)(=O)N1CCC(C(=O)Nc2cc(-n3cncn3)ncn2)CC1. The molecule has 128 valence electrons. The largest absolute Gasteiger partial charge is 0.310 e. The molecule has 10 nitrogen and oxygen atoms in total. The van der Waals surface area contributed by atoms with E-state index in [1.165, 1.54) is 34.2 Å². The van der Waals surface area contributed by atoms with Crippen LogP contribution in [-0.4, -0.2) is 62.7 Å². The topological polar surface area (TPSA) is 123 Å². The normalized spacial score (nSPS) is 16.9. The molecule has 1 aliphatic heterocycles. The van der Waals surface area contributed by atoms with Gasteiger partial charge in [0, 0.05) is 25.1 Å². The van der Waals surface area contributed by atoms with Crippen molar-refractivity contribution in [3.63, 3.8) is 0 Å². The molecular weight excluding hydrogens is 334 g/mol. The standard InChI is InChI=1S/C13H17N7O3S/c1-24(22,23)19-4-2-10(3-5-19)13(21)18-11-6-12(16-8-15-11)20-9-14-7-17-20/h6-10H,2-5H2,1H3,(H,15,16,18,21). The number of hydrogen-bond acceptors (Lipinski definition) is 7. The lowest BCUT2D eigenvalue weighted by molar-refractivity contribution is -0.120. The van der Waals surface area contributed by atoms with Crippen molar-refractivity contribution in [3.8, 4) is 5.82 Å². The second-order valence-corrected chi connectivity index (χ2v) is 7.51. The molecular formula is C13H17N7O3S. The summed E-state index contributed by atoms with van der Waals surface area (Å²) < 4.78 is 25.9. The molecule has 24 heavy (non-hydrogen) atoms. The number of carbonyl (C=O) groups is 1. The average molecular weight is 351 g/mol. The molecule has 1 aliphatic rings. The highest BCUT2D eigenvalue weighted by atomic mass is 32.2. The van der Waals surface area contributed by atoms with Crippen molar-refractivity contribution in [1.29, 1.82) is 0 Å². The summed E-state index contributed by atoms with van der Waals surface area (Å²) in [7, 11) is -3.20. The molecule has 2 aromatic heterocycles. The number of nitrogens with zero attached hydrogens (tertiary/aromatic N) is 6. The zero-order valence-electron chi connectivity index (χ0n) is 13.0. The predicted molar refractivity (Wildman–Crippen MR) is 84.7 cm³/mol. The molecule has 0 atom stereocenters. The van der Waals surface area contributed by atoms with Gasteiger partial charge in [-0.05, 0) is 12.8 Å². The fourth-order valence-electron chi connectivity index (χ4n) is 2.55. The highest BCUT2D eigenvalue weighted by Crippen LogP contribution is 2.20. The van der Waals surface area contributed by atoms with E-state index in [-0.39, 0.29) is 11.8 Å². The van der Waals surface area contributed by atoms with Crippen molar-refractivity contribution in [2.24, 2.45) is 5.92 Å². The third-order valence-corrected chi connectivity index (χ3v) is 5.15. The monoisotopic (exact) mass is 351 g/mol. The van der Waals surface area contributed by atoms with Crippen LogP contribution in [0, 0.1) is 5.92 Å². The van der Waals surface area contributed by atoms with Gasteiger partial charge in [-0.3, -0.25) is 4.79 Å². The number of carbonyl (C=O) groups excluding carboxylic acids is 1. The molecule has 0 radical (unpaired) electrons. The summed E-state index contributed by atoms with van der Waals surface area (Å²) in [5.41, 5.74) is 0. The second kappa shape index (κ2) is 6.61. The van der Waals surface area contributed by atoms with Crippen LogP contribution < -0.4 is 5.32 Å². The fourth-order valence-corrected chi connectivity index (χ4v) is 3.42. The van der Waals surface area contributed by atoms with Crippen molar-refractivity contribution >= 4 is 21.7 Å². The summed E-state index contributed by atoms with van der Waals surface area (Å²) >= 11 is 0. The molecule has 1 N–H and O–H groups in total. The fraction of sp³-hybridized carbons (Fsp3) is 0.462. The number of piperidine rings is 1. The minimum atomic E-state index is -3.20. The summed E-state index contributed by atoms with van der Waals surface area (Å²) in [6.45, 7) is 0.704. The van der Waals surface area contributed by atoms with E-state index >= 15 is 0 Å². The predicted octanol–water partition coefficient (Wildman–Crippen LogP) is -0.333. The number of rotatable bonds is 4. The first-order chi connectivity index (χ1) is 11.4. The van der Waals surface area contributed by atoms with Gasteiger partial charge in [-0.2, -0.15) is 5.10 Å². The molecule has 1 amide bonds. The minimum Gasteiger partial charge on any atom is -0.310 e. The van der Waals surface area contributed by atoms with Crippen molar-refractivity contribution < 1.29 is 13.2 Å². The maximum atomic E-state index is 12.3. The van der Waals surface area contributed by atoms with Gasteiger partial charge in [-0.15, -0.1) is 0 Å². The van der Waals surface area contributed by atoms with E-state index in [2.05, 4.69) is 25.4 Å². The Morgan fingerprint density at radius 2 is 2.00 bits per heavy atom. The first kappa shape index (κ1) is 16.5. The molecule has 0 unspecified atom stereocenters. The van der Waals surface area contributed by atoms with E-state index in [1.54, 1.807) is 6.07 Å². The van der Waals surface area contributed by atoms with Gasteiger partial charge in [0.05, 0.1) is 6.26 Å². The number of aromatic nitrogens is 5. The van der Waals surface area contributed by atoms with Crippen LogP contribution in [0.5, 0.6) is 0 Å². The number of hydrogen-bond donors (Lipinski definition) is 1. The van der Waals surface area contributed by atoms with Crippen LogP contribution in [-0.2, 0) is 14.8 Å². The van der Waals surface area contributed by atoms with E-state index < -0.39 is 10.0 Å².